The number of aromatic nitrogens is 1. The second kappa shape index (κ2) is 5.79. The number of pyridine rings is 1. The van der Waals surface area contributed by atoms with Crippen LogP contribution in [0.1, 0.15) is 16.1 Å². The minimum Gasteiger partial charge on any atom is -0.319 e. The third kappa shape index (κ3) is 3.77. The molecule has 0 fully saturated rings. The van der Waals surface area contributed by atoms with Gasteiger partial charge in [-0.25, -0.2) is 12.8 Å². The average molecular weight is 329 g/mol. The van der Waals surface area contributed by atoms with Crippen LogP contribution in [0.5, 0.6) is 0 Å². The van der Waals surface area contributed by atoms with Gasteiger partial charge in [0.15, 0.2) is 0 Å². The van der Waals surface area contributed by atoms with Crippen molar-refractivity contribution < 1.29 is 17.6 Å². The van der Waals surface area contributed by atoms with Crippen molar-refractivity contribution in [1.29, 1.82) is 0 Å². The van der Waals surface area contributed by atoms with E-state index in [1.54, 1.807) is 13.0 Å². The molecule has 0 saturated heterocycles. The topological polar surface area (TPSA) is 76.1 Å². The van der Waals surface area contributed by atoms with Gasteiger partial charge in [-0.2, -0.15) is 0 Å². The Kier molecular flexibility index (Phi) is 4.24. The molecule has 2 aromatic rings. The molecule has 110 valence electrons. The number of carbonyl (C=O) groups excluding carboxylic acids is 1. The lowest BCUT2D eigenvalue weighted by Gasteiger charge is -2.07. The third-order valence-corrected chi connectivity index (χ3v) is 3.98. The van der Waals surface area contributed by atoms with Gasteiger partial charge in [-0.1, -0.05) is 0 Å². The van der Waals surface area contributed by atoms with E-state index < -0.39 is 20.8 Å². The van der Waals surface area contributed by atoms with Crippen molar-refractivity contribution in [2.45, 2.75) is 11.8 Å². The summed E-state index contributed by atoms with van der Waals surface area (Å²) in [7, 11) is 1.10. The molecule has 2 rings (SSSR count). The molecular formula is C13H10ClFN2O3S. The van der Waals surface area contributed by atoms with E-state index in [2.05, 4.69) is 10.3 Å². The maximum atomic E-state index is 13.8. The fourth-order valence-electron chi connectivity index (χ4n) is 1.63. The van der Waals surface area contributed by atoms with Crippen LogP contribution in [0.4, 0.5) is 10.1 Å². The van der Waals surface area contributed by atoms with Crippen LogP contribution in [0.25, 0.3) is 0 Å². The molecule has 0 aliphatic carbocycles. The van der Waals surface area contributed by atoms with Crippen molar-refractivity contribution in [3.8, 4) is 0 Å². The lowest BCUT2D eigenvalue weighted by Crippen LogP contribution is -2.13. The summed E-state index contributed by atoms with van der Waals surface area (Å²) in [5.41, 5.74) is 0.821. The predicted octanol–water partition coefficient (Wildman–Crippen LogP) is 2.71. The summed E-state index contributed by atoms with van der Waals surface area (Å²) >= 11 is 0. The van der Waals surface area contributed by atoms with Crippen molar-refractivity contribution in [2.24, 2.45) is 0 Å². The molecule has 1 amide bonds. The summed E-state index contributed by atoms with van der Waals surface area (Å²) in [6.07, 6.45) is 1.46. The largest absolute Gasteiger partial charge is 0.319 e. The van der Waals surface area contributed by atoms with Crippen molar-refractivity contribution >= 4 is 31.3 Å². The highest BCUT2D eigenvalue weighted by Gasteiger charge is 2.15. The smallest absolute Gasteiger partial charge is 0.261 e. The molecule has 0 saturated carbocycles. The number of amides is 1. The third-order valence-electron chi connectivity index (χ3n) is 2.63. The molecule has 5 nitrogen and oxygen atoms in total. The number of carbonyl (C=O) groups is 1. The number of nitrogens with zero attached hydrogens (tertiary/aromatic N) is 1. The van der Waals surface area contributed by atoms with E-state index in [9.17, 15) is 17.6 Å². The lowest BCUT2D eigenvalue weighted by molar-refractivity contribution is 0.102. The first-order chi connectivity index (χ1) is 9.77. The standard InChI is InChI=1S/C13H10ClFN2O3S/c1-8-6-9(4-5-16-8)13(18)17-12-3-2-10(7-11(12)15)21(14,19)20/h2-7H,1H3,(H,17,18). The van der Waals surface area contributed by atoms with Crippen molar-refractivity contribution in [2.75, 3.05) is 5.32 Å². The molecule has 0 aliphatic rings. The van der Waals surface area contributed by atoms with Crippen molar-refractivity contribution in [3.63, 3.8) is 0 Å². The summed E-state index contributed by atoms with van der Waals surface area (Å²) in [4.78, 5) is 15.5. The summed E-state index contributed by atoms with van der Waals surface area (Å²) in [5, 5.41) is 2.35. The van der Waals surface area contributed by atoms with Gasteiger partial charge in [-0.15, -0.1) is 0 Å². The Morgan fingerprint density at radius 3 is 2.57 bits per heavy atom. The zero-order valence-electron chi connectivity index (χ0n) is 10.8. The number of halogens is 2. The average Bonchev–Trinajstić information content (AvgIpc) is 2.39. The van der Waals surface area contributed by atoms with Gasteiger partial charge in [0.05, 0.1) is 10.6 Å². The molecule has 0 atom stereocenters. The van der Waals surface area contributed by atoms with Crippen LogP contribution >= 0.6 is 10.7 Å². The lowest BCUT2D eigenvalue weighted by atomic mass is 10.2. The highest BCUT2D eigenvalue weighted by molar-refractivity contribution is 8.13. The Bertz CT molecular complexity index is 809. The number of aryl methyl sites for hydroxylation is 1. The number of anilines is 1. The van der Waals surface area contributed by atoms with Crippen LogP contribution in [0.3, 0.4) is 0 Å². The van der Waals surface area contributed by atoms with E-state index >= 15 is 0 Å². The molecule has 0 aliphatic heterocycles. The predicted molar refractivity (Wildman–Crippen MR) is 76.4 cm³/mol. The van der Waals surface area contributed by atoms with Crippen molar-refractivity contribution in [1.82, 2.24) is 4.98 Å². The molecule has 1 N–H and O–H groups in total. The Labute approximate surface area is 125 Å². The summed E-state index contributed by atoms with van der Waals surface area (Å²) < 4.78 is 35.9. The van der Waals surface area contributed by atoms with Gasteiger partial charge < -0.3 is 5.32 Å². The highest BCUT2D eigenvalue weighted by Crippen LogP contribution is 2.22. The van der Waals surface area contributed by atoms with Gasteiger partial charge in [-0.3, -0.25) is 9.78 Å². The maximum absolute atomic E-state index is 13.8. The van der Waals surface area contributed by atoms with Crippen LogP contribution in [-0.2, 0) is 9.05 Å². The normalized spacial score (nSPS) is 11.2. The van der Waals surface area contributed by atoms with E-state index in [0.717, 1.165) is 18.2 Å². The molecule has 0 unspecified atom stereocenters. The van der Waals surface area contributed by atoms with Gasteiger partial charge in [0.1, 0.15) is 5.82 Å². The van der Waals surface area contributed by atoms with E-state index in [1.807, 2.05) is 0 Å². The second-order valence-electron chi connectivity index (χ2n) is 4.22. The SMILES string of the molecule is Cc1cc(C(=O)Nc2ccc(S(=O)(=O)Cl)cc2F)ccn1. The molecule has 0 bridgehead atoms. The molecule has 1 aromatic heterocycles. The second-order valence-corrected chi connectivity index (χ2v) is 6.79. The molecular weight excluding hydrogens is 319 g/mol. The molecule has 0 spiro atoms. The van der Waals surface area contributed by atoms with Crippen LogP contribution in [0.15, 0.2) is 41.4 Å². The molecule has 0 radical (unpaired) electrons. The van der Waals surface area contributed by atoms with Gasteiger partial charge in [0.25, 0.3) is 15.0 Å². The number of benzene rings is 1. The van der Waals surface area contributed by atoms with Crippen LogP contribution in [0.2, 0.25) is 0 Å². The van der Waals surface area contributed by atoms with Crippen LogP contribution in [-0.4, -0.2) is 19.3 Å². The zero-order chi connectivity index (χ0) is 15.6. The molecule has 21 heavy (non-hydrogen) atoms. The first-order valence-electron chi connectivity index (χ1n) is 5.75. The first kappa shape index (κ1) is 15.4. The summed E-state index contributed by atoms with van der Waals surface area (Å²) in [6, 6.07) is 6.02. The Hall–Kier alpha value is -1.99. The summed E-state index contributed by atoms with van der Waals surface area (Å²) in [6.45, 7) is 1.72. The summed E-state index contributed by atoms with van der Waals surface area (Å²) in [5.74, 6) is -1.42. The molecule has 8 heteroatoms. The molecule has 1 aromatic carbocycles. The Balaban J connectivity index is 2.26. The maximum Gasteiger partial charge on any atom is 0.261 e. The number of hydrogen-bond donors (Lipinski definition) is 1. The Morgan fingerprint density at radius 1 is 1.29 bits per heavy atom. The fraction of sp³-hybridized carbons (Fsp3) is 0.0769. The molecule has 1 heterocycles. The van der Waals surface area contributed by atoms with E-state index in [1.165, 1.54) is 12.3 Å². The van der Waals surface area contributed by atoms with Crippen molar-refractivity contribution in [3.05, 3.63) is 53.6 Å². The van der Waals surface area contributed by atoms with Crippen LogP contribution in [0, 0.1) is 12.7 Å². The van der Waals surface area contributed by atoms with Gasteiger partial charge >= 0.3 is 0 Å². The zero-order valence-corrected chi connectivity index (χ0v) is 12.4. The minimum atomic E-state index is -4.02. The highest BCUT2D eigenvalue weighted by atomic mass is 35.7. The van der Waals surface area contributed by atoms with E-state index in [-0.39, 0.29) is 10.6 Å². The fourth-order valence-corrected chi connectivity index (χ4v) is 2.39. The van der Waals surface area contributed by atoms with Gasteiger partial charge in [0, 0.05) is 28.1 Å². The van der Waals surface area contributed by atoms with Gasteiger partial charge in [-0.05, 0) is 37.3 Å². The van der Waals surface area contributed by atoms with Gasteiger partial charge in [0.2, 0.25) is 0 Å². The number of nitrogens with one attached hydrogen (secondary N) is 1. The minimum absolute atomic E-state index is 0.140. The quantitative estimate of drug-likeness (QED) is 0.879. The van der Waals surface area contributed by atoms with Crippen LogP contribution < -0.4 is 5.32 Å². The Morgan fingerprint density at radius 2 is 2.00 bits per heavy atom. The number of hydrogen-bond acceptors (Lipinski definition) is 4. The van der Waals surface area contributed by atoms with E-state index in [0.29, 0.717) is 11.3 Å². The monoisotopic (exact) mass is 328 g/mol. The van der Waals surface area contributed by atoms with E-state index in [4.69, 9.17) is 10.7 Å². The number of rotatable bonds is 3. The first-order valence-corrected chi connectivity index (χ1v) is 8.06.